The van der Waals surface area contributed by atoms with Gasteiger partial charge in [0.1, 0.15) is 5.82 Å². The molecule has 1 aromatic rings. The predicted molar refractivity (Wildman–Crippen MR) is 69.3 cm³/mol. The molecule has 0 bridgehead atoms. The van der Waals surface area contributed by atoms with Crippen LogP contribution in [0.5, 0.6) is 0 Å². The summed E-state index contributed by atoms with van der Waals surface area (Å²) in [5.74, 6) is -0.300. The molecule has 0 amide bonds. The zero-order valence-corrected chi connectivity index (χ0v) is 11.2. The second-order valence-electron chi connectivity index (χ2n) is 4.89. The van der Waals surface area contributed by atoms with Crippen molar-refractivity contribution in [1.82, 2.24) is 0 Å². The third-order valence-electron chi connectivity index (χ3n) is 3.85. The van der Waals surface area contributed by atoms with Crippen molar-refractivity contribution in [2.45, 2.75) is 31.8 Å². The predicted octanol–water partition coefficient (Wildman–Crippen LogP) is 3.20. The third-order valence-corrected chi connectivity index (χ3v) is 4.20. The van der Waals surface area contributed by atoms with Gasteiger partial charge in [0.25, 0.3) is 0 Å². The van der Waals surface area contributed by atoms with E-state index in [0.29, 0.717) is 30.2 Å². The minimum atomic E-state index is -0.942. The van der Waals surface area contributed by atoms with E-state index in [4.69, 9.17) is 16.3 Å². The van der Waals surface area contributed by atoms with E-state index in [-0.39, 0.29) is 18.2 Å². The first-order chi connectivity index (χ1) is 8.57. The van der Waals surface area contributed by atoms with Crippen LogP contribution < -0.4 is 0 Å². The number of halogens is 2. The number of ether oxygens (including phenoxy) is 1. The molecule has 1 aromatic carbocycles. The van der Waals surface area contributed by atoms with Gasteiger partial charge >= 0.3 is 0 Å². The maximum atomic E-state index is 13.8. The lowest BCUT2D eigenvalue weighted by molar-refractivity contribution is -0.0254. The van der Waals surface area contributed by atoms with E-state index in [1.54, 1.807) is 12.1 Å². The Bertz CT molecular complexity index is 398. The normalized spacial score (nSPS) is 23.0. The number of benzene rings is 1. The van der Waals surface area contributed by atoms with Crippen LogP contribution in [-0.4, -0.2) is 23.9 Å². The molecule has 0 radical (unpaired) electrons. The summed E-state index contributed by atoms with van der Waals surface area (Å²) < 4.78 is 19.1. The molecule has 2 atom stereocenters. The topological polar surface area (TPSA) is 29.5 Å². The van der Waals surface area contributed by atoms with Crippen molar-refractivity contribution >= 4 is 11.6 Å². The van der Waals surface area contributed by atoms with Gasteiger partial charge in [-0.2, -0.15) is 0 Å². The van der Waals surface area contributed by atoms with Gasteiger partial charge in [-0.05, 0) is 25.0 Å². The van der Waals surface area contributed by atoms with Crippen LogP contribution in [0.3, 0.4) is 0 Å². The van der Waals surface area contributed by atoms with Crippen LogP contribution >= 0.6 is 11.6 Å². The van der Waals surface area contributed by atoms with Crippen molar-refractivity contribution in [2.75, 3.05) is 13.2 Å². The molecular weight excluding hydrogens is 255 g/mol. The summed E-state index contributed by atoms with van der Waals surface area (Å²) in [5.41, 5.74) is -0.544. The lowest BCUT2D eigenvalue weighted by Gasteiger charge is -2.32. The molecule has 0 aromatic heterocycles. The SMILES string of the molecule is CCC(O)(Cc1c(F)cccc1Cl)C1CCOC1. The number of hydrogen-bond donors (Lipinski definition) is 1. The Morgan fingerprint density at radius 3 is 2.89 bits per heavy atom. The largest absolute Gasteiger partial charge is 0.389 e. The molecule has 4 heteroatoms. The summed E-state index contributed by atoms with van der Waals surface area (Å²) >= 11 is 6.02. The summed E-state index contributed by atoms with van der Waals surface area (Å²) in [6.07, 6.45) is 1.62. The van der Waals surface area contributed by atoms with Crippen LogP contribution in [0.1, 0.15) is 25.3 Å². The van der Waals surface area contributed by atoms with Gasteiger partial charge in [0.15, 0.2) is 0 Å². The highest BCUT2D eigenvalue weighted by atomic mass is 35.5. The first-order valence-electron chi connectivity index (χ1n) is 6.30. The second kappa shape index (κ2) is 5.55. The number of aliphatic hydroxyl groups is 1. The smallest absolute Gasteiger partial charge is 0.127 e. The molecule has 18 heavy (non-hydrogen) atoms. The summed E-state index contributed by atoms with van der Waals surface area (Å²) in [6, 6.07) is 4.61. The molecule has 1 fully saturated rings. The van der Waals surface area contributed by atoms with Gasteiger partial charge in [-0.1, -0.05) is 24.6 Å². The molecule has 0 saturated carbocycles. The van der Waals surface area contributed by atoms with Crippen LogP contribution in [0.2, 0.25) is 5.02 Å². The average molecular weight is 273 g/mol. The molecule has 100 valence electrons. The molecule has 1 aliphatic rings. The molecule has 1 aliphatic heterocycles. The third kappa shape index (κ3) is 2.68. The molecule has 0 aliphatic carbocycles. The fourth-order valence-corrected chi connectivity index (χ4v) is 2.75. The average Bonchev–Trinajstić information content (AvgIpc) is 2.88. The Morgan fingerprint density at radius 2 is 2.33 bits per heavy atom. The van der Waals surface area contributed by atoms with Crippen LogP contribution in [-0.2, 0) is 11.2 Å². The van der Waals surface area contributed by atoms with Gasteiger partial charge in [0, 0.05) is 29.5 Å². The fourth-order valence-electron chi connectivity index (χ4n) is 2.52. The Balaban J connectivity index is 2.24. The van der Waals surface area contributed by atoms with E-state index >= 15 is 0 Å². The van der Waals surface area contributed by atoms with Crippen molar-refractivity contribution in [1.29, 1.82) is 0 Å². The van der Waals surface area contributed by atoms with Crippen molar-refractivity contribution in [3.63, 3.8) is 0 Å². The summed E-state index contributed by atoms with van der Waals surface area (Å²) in [5, 5.41) is 11.1. The minimum absolute atomic E-state index is 0.0539. The zero-order chi connectivity index (χ0) is 13.2. The Kier molecular flexibility index (Phi) is 4.25. The van der Waals surface area contributed by atoms with Crippen LogP contribution in [0.4, 0.5) is 4.39 Å². The Labute approximate surface area is 112 Å². The van der Waals surface area contributed by atoms with Gasteiger partial charge < -0.3 is 9.84 Å². The van der Waals surface area contributed by atoms with Crippen LogP contribution in [0, 0.1) is 11.7 Å². The highest BCUT2D eigenvalue weighted by Crippen LogP contribution is 2.34. The first kappa shape index (κ1) is 13.8. The van der Waals surface area contributed by atoms with E-state index in [1.165, 1.54) is 6.07 Å². The highest BCUT2D eigenvalue weighted by Gasteiger charge is 2.38. The molecule has 2 unspecified atom stereocenters. The fraction of sp³-hybridized carbons (Fsp3) is 0.571. The van der Waals surface area contributed by atoms with Gasteiger partial charge in [-0.25, -0.2) is 4.39 Å². The monoisotopic (exact) mass is 272 g/mol. The van der Waals surface area contributed by atoms with Crippen molar-refractivity contribution in [3.05, 3.63) is 34.6 Å². The molecule has 1 saturated heterocycles. The first-order valence-corrected chi connectivity index (χ1v) is 6.67. The van der Waals surface area contributed by atoms with Crippen molar-refractivity contribution in [3.8, 4) is 0 Å². The molecule has 2 nitrogen and oxygen atoms in total. The van der Waals surface area contributed by atoms with Gasteiger partial charge in [-0.15, -0.1) is 0 Å². The minimum Gasteiger partial charge on any atom is -0.389 e. The molecule has 2 rings (SSSR count). The Morgan fingerprint density at radius 1 is 1.56 bits per heavy atom. The summed E-state index contributed by atoms with van der Waals surface area (Å²) in [7, 11) is 0. The maximum Gasteiger partial charge on any atom is 0.127 e. The van der Waals surface area contributed by atoms with Crippen LogP contribution in [0.15, 0.2) is 18.2 Å². The molecule has 1 heterocycles. The van der Waals surface area contributed by atoms with E-state index in [2.05, 4.69) is 0 Å². The maximum absolute atomic E-state index is 13.8. The van der Waals surface area contributed by atoms with Gasteiger partial charge in [0.2, 0.25) is 0 Å². The number of rotatable bonds is 4. The molecule has 1 N–H and O–H groups in total. The quantitative estimate of drug-likeness (QED) is 0.912. The zero-order valence-electron chi connectivity index (χ0n) is 10.5. The van der Waals surface area contributed by atoms with Gasteiger partial charge in [0.05, 0.1) is 12.2 Å². The van der Waals surface area contributed by atoms with Crippen LogP contribution in [0.25, 0.3) is 0 Å². The summed E-state index contributed by atoms with van der Waals surface area (Å²) in [4.78, 5) is 0. The van der Waals surface area contributed by atoms with Gasteiger partial charge in [-0.3, -0.25) is 0 Å². The summed E-state index contributed by atoms with van der Waals surface area (Å²) in [6.45, 7) is 3.11. The van der Waals surface area contributed by atoms with E-state index in [0.717, 1.165) is 6.42 Å². The van der Waals surface area contributed by atoms with Crippen molar-refractivity contribution in [2.24, 2.45) is 5.92 Å². The highest BCUT2D eigenvalue weighted by molar-refractivity contribution is 6.31. The van der Waals surface area contributed by atoms with E-state index in [1.807, 2.05) is 6.92 Å². The standard InChI is InChI=1S/C14H18ClFO2/c1-2-14(17,10-6-7-18-9-10)8-11-12(15)4-3-5-13(11)16/h3-5,10,17H,2,6-9H2,1H3. The van der Waals surface area contributed by atoms with Crippen molar-refractivity contribution < 1.29 is 14.2 Å². The molecular formula is C14H18ClFO2. The second-order valence-corrected chi connectivity index (χ2v) is 5.30. The number of hydrogen-bond acceptors (Lipinski definition) is 2. The molecule has 0 spiro atoms. The lowest BCUT2D eigenvalue weighted by Crippen LogP contribution is -2.40. The van der Waals surface area contributed by atoms with E-state index in [9.17, 15) is 9.50 Å². The lowest BCUT2D eigenvalue weighted by atomic mass is 9.79. The van der Waals surface area contributed by atoms with E-state index < -0.39 is 5.60 Å². The Hall–Kier alpha value is -0.640.